The normalized spacial score (nSPS) is 14.6. The maximum Gasteiger partial charge on any atom is 0.431 e. The molecular formula is C13H7F12NO3S. The van der Waals surface area contributed by atoms with Crippen molar-refractivity contribution in [3.63, 3.8) is 0 Å². The second kappa shape index (κ2) is 7.19. The molecule has 0 aliphatic rings. The third kappa shape index (κ3) is 4.75. The Morgan fingerprint density at radius 2 is 1.13 bits per heavy atom. The van der Waals surface area contributed by atoms with Gasteiger partial charge in [-0.3, -0.25) is 4.79 Å². The zero-order chi connectivity index (χ0) is 24.1. The van der Waals surface area contributed by atoms with Crippen LogP contribution in [-0.2, 0) is 22.4 Å². The second-order valence-electron chi connectivity index (χ2n) is 5.71. The van der Waals surface area contributed by atoms with E-state index in [-0.39, 0.29) is 4.72 Å². The molecule has 172 valence electrons. The lowest BCUT2D eigenvalue weighted by Crippen LogP contribution is -2.60. The lowest BCUT2D eigenvalue weighted by atomic mass is 10.0. The van der Waals surface area contributed by atoms with Gasteiger partial charge in [-0.05, 0) is 18.2 Å². The Kier molecular flexibility index (Phi) is 6.19. The summed E-state index contributed by atoms with van der Waals surface area (Å²) in [6.07, 6.45) is -11.1. The molecule has 30 heavy (non-hydrogen) atoms. The molecule has 17 heteroatoms. The fourth-order valence-electron chi connectivity index (χ4n) is 1.76. The number of sulfonamides is 1. The van der Waals surface area contributed by atoms with Crippen LogP contribution in [0, 0.1) is 0 Å². The Morgan fingerprint density at radius 1 is 0.767 bits per heavy atom. The summed E-state index contributed by atoms with van der Waals surface area (Å²) in [4.78, 5) is 11.7. The first kappa shape index (κ1) is 25.8. The van der Waals surface area contributed by atoms with Crippen LogP contribution >= 0.6 is 0 Å². The first-order chi connectivity index (χ1) is 12.9. The van der Waals surface area contributed by atoms with Crippen molar-refractivity contribution in [2.45, 2.75) is 36.4 Å². The molecular weight excluding hydrogens is 478 g/mol. The van der Waals surface area contributed by atoms with Crippen LogP contribution < -0.4 is 4.72 Å². The summed E-state index contributed by atoms with van der Waals surface area (Å²) in [5, 5.41) is -6.69. The van der Waals surface area contributed by atoms with Crippen molar-refractivity contribution < 1.29 is 65.9 Å². The number of carbonyl (C=O) groups is 1. The molecule has 0 fully saturated rings. The maximum atomic E-state index is 13.5. The quantitative estimate of drug-likeness (QED) is 0.617. The van der Waals surface area contributed by atoms with Gasteiger partial charge < -0.3 is 0 Å². The van der Waals surface area contributed by atoms with Crippen molar-refractivity contribution in [2.75, 3.05) is 0 Å². The Bertz CT molecular complexity index is 896. The fraction of sp³-hybridized carbons (Fsp3) is 0.462. The van der Waals surface area contributed by atoms with Crippen LogP contribution in [0.15, 0.2) is 18.2 Å². The van der Waals surface area contributed by atoms with Crippen LogP contribution in [0.5, 0.6) is 0 Å². The summed E-state index contributed by atoms with van der Waals surface area (Å²) in [5.74, 6) is -14.9. The summed E-state index contributed by atoms with van der Waals surface area (Å²) < 4.78 is 178. The van der Waals surface area contributed by atoms with Crippen LogP contribution in [0.25, 0.3) is 0 Å². The minimum atomic E-state index is -7.07. The predicted molar refractivity (Wildman–Crippen MR) is 73.3 cm³/mol. The summed E-state index contributed by atoms with van der Waals surface area (Å²) in [6, 6.07) is -1.30. The smallest absolute Gasteiger partial charge is 0.268 e. The van der Waals surface area contributed by atoms with Crippen LogP contribution in [-0.4, -0.2) is 31.4 Å². The topological polar surface area (TPSA) is 63.2 Å². The number of benzene rings is 1. The molecule has 1 aromatic rings. The Hall–Kier alpha value is -2.20. The maximum absolute atomic E-state index is 13.5. The van der Waals surface area contributed by atoms with Crippen molar-refractivity contribution in [3.05, 3.63) is 34.9 Å². The summed E-state index contributed by atoms with van der Waals surface area (Å²) in [5.41, 5.74) is -6.17. The number of hydrogen-bond donors (Lipinski definition) is 1. The van der Waals surface area contributed by atoms with Gasteiger partial charge >= 0.3 is 39.5 Å². The summed E-state index contributed by atoms with van der Waals surface area (Å²) >= 11 is 0. The molecule has 0 radical (unpaired) electrons. The molecule has 0 atom stereocenters. The van der Waals surface area contributed by atoms with E-state index in [1.54, 1.807) is 0 Å². The number of alkyl halides is 12. The first-order valence-corrected chi connectivity index (χ1v) is 8.43. The first-order valence-electron chi connectivity index (χ1n) is 6.95. The van der Waals surface area contributed by atoms with Crippen molar-refractivity contribution >= 4 is 15.9 Å². The largest absolute Gasteiger partial charge is 0.431 e. The molecule has 0 spiro atoms. The molecule has 0 heterocycles. The van der Waals surface area contributed by atoms with Crippen molar-refractivity contribution in [1.82, 2.24) is 4.72 Å². The minimum Gasteiger partial charge on any atom is -0.268 e. The van der Waals surface area contributed by atoms with E-state index in [9.17, 15) is 65.9 Å². The van der Waals surface area contributed by atoms with Gasteiger partial charge in [0.25, 0.3) is 5.91 Å². The standard InChI is InChI=1S/C13H7F12NO3S/c1-9(14,15)12(22,23)13(24,25)30(28,29)26-8(27)5-2-6(10(16,17)18)4-7(3-5)11(19,20)21/h2-4H,1H3,(H,26,27). The summed E-state index contributed by atoms with van der Waals surface area (Å²) in [7, 11) is -7.07. The molecule has 0 aromatic heterocycles. The van der Waals surface area contributed by atoms with E-state index >= 15 is 0 Å². The molecule has 4 nitrogen and oxygen atoms in total. The van der Waals surface area contributed by atoms with Crippen molar-refractivity contribution in [2.24, 2.45) is 0 Å². The second-order valence-corrected chi connectivity index (χ2v) is 7.43. The number of carbonyl (C=O) groups excluding carboxylic acids is 1. The number of halogens is 12. The summed E-state index contributed by atoms with van der Waals surface area (Å²) in [6.45, 7) is -0.791. The molecule has 1 amide bonds. The van der Waals surface area contributed by atoms with E-state index in [4.69, 9.17) is 0 Å². The van der Waals surface area contributed by atoms with Crippen molar-refractivity contribution in [1.29, 1.82) is 0 Å². The van der Waals surface area contributed by atoms with Gasteiger partial charge in [0, 0.05) is 12.5 Å². The van der Waals surface area contributed by atoms with Crippen LogP contribution in [0.1, 0.15) is 28.4 Å². The number of hydrogen-bond acceptors (Lipinski definition) is 3. The third-order valence-corrected chi connectivity index (χ3v) is 4.72. The zero-order valence-corrected chi connectivity index (χ0v) is 14.7. The van der Waals surface area contributed by atoms with E-state index in [0.717, 1.165) is 0 Å². The van der Waals surface area contributed by atoms with Gasteiger partial charge in [0.15, 0.2) is 0 Å². The minimum absolute atomic E-state index is 0.0836. The molecule has 0 aliphatic carbocycles. The van der Waals surface area contributed by atoms with E-state index < -0.39 is 87.2 Å². The molecule has 0 unspecified atom stereocenters. The SMILES string of the molecule is CC(F)(F)C(F)(F)C(F)(F)S(=O)(=O)NC(=O)c1cc(C(F)(F)F)cc(C(F)(F)F)c1. The average Bonchev–Trinajstić information content (AvgIpc) is 2.50. The molecule has 1 aromatic carbocycles. The van der Waals surface area contributed by atoms with Gasteiger partial charge in [-0.1, -0.05) is 0 Å². The lowest BCUT2D eigenvalue weighted by Gasteiger charge is -2.30. The van der Waals surface area contributed by atoms with Crippen LogP contribution in [0.4, 0.5) is 52.7 Å². The van der Waals surface area contributed by atoms with Crippen molar-refractivity contribution in [3.8, 4) is 0 Å². The monoisotopic (exact) mass is 485 g/mol. The van der Waals surface area contributed by atoms with Gasteiger partial charge in [0.05, 0.1) is 11.1 Å². The number of rotatable bonds is 5. The van der Waals surface area contributed by atoms with Crippen LogP contribution in [0.2, 0.25) is 0 Å². The highest BCUT2D eigenvalue weighted by Crippen LogP contribution is 2.48. The van der Waals surface area contributed by atoms with Gasteiger partial charge in [-0.25, -0.2) is 4.72 Å². The highest BCUT2D eigenvalue weighted by molar-refractivity contribution is 7.91. The Balaban J connectivity index is 3.49. The van der Waals surface area contributed by atoms with Gasteiger partial charge in [-0.15, -0.1) is 0 Å². The molecule has 0 saturated carbocycles. The number of nitrogens with one attached hydrogen (secondary N) is 1. The number of amides is 1. The van der Waals surface area contributed by atoms with Gasteiger partial charge in [0.2, 0.25) is 0 Å². The Labute approximate surface area is 158 Å². The molecule has 0 saturated heterocycles. The predicted octanol–water partition coefficient (Wildman–Crippen LogP) is 4.67. The van der Waals surface area contributed by atoms with Gasteiger partial charge in [-0.2, -0.15) is 61.1 Å². The molecule has 1 N–H and O–H groups in total. The molecule has 1 rings (SSSR count). The highest BCUT2D eigenvalue weighted by atomic mass is 32.2. The van der Waals surface area contributed by atoms with E-state index in [0.29, 0.717) is 0 Å². The zero-order valence-electron chi connectivity index (χ0n) is 13.9. The lowest BCUT2D eigenvalue weighted by molar-refractivity contribution is -0.271. The van der Waals surface area contributed by atoms with E-state index in [1.807, 2.05) is 0 Å². The average molecular weight is 485 g/mol. The molecule has 0 bridgehead atoms. The highest BCUT2D eigenvalue weighted by Gasteiger charge is 2.76. The fourth-order valence-corrected chi connectivity index (χ4v) is 2.76. The van der Waals surface area contributed by atoms with Crippen LogP contribution in [0.3, 0.4) is 0 Å². The van der Waals surface area contributed by atoms with E-state index in [1.165, 1.54) is 0 Å². The van der Waals surface area contributed by atoms with E-state index in [2.05, 4.69) is 0 Å². The third-order valence-electron chi connectivity index (χ3n) is 3.33. The molecule has 0 aliphatic heterocycles. The van der Waals surface area contributed by atoms with Gasteiger partial charge in [0.1, 0.15) is 0 Å². The Morgan fingerprint density at radius 3 is 1.43 bits per heavy atom.